The van der Waals surface area contributed by atoms with Crippen molar-refractivity contribution in [1.29, 1.82) is 0 Å². The molecular formula is C52H35NO. The van der Waals surface area contributed by atoms with Crippen LogP contribution in [-0.4, -0.2) is 0 Å². The molecule has 10 rings (SSSR count). The standard InChI is InChI=1S/C52H35NO/c1-4-15-36(16-5-1)40-19-14-20-41(35-40)37-27-31-43(32-28-37)53(42-21-8-3-9-22-42)44-33-29-38(30-34-44)49-50-47-25-12-10-23-45(47)46-24-11-13-26-48(46)52(50)54-51(49)39-17-6-2-7-18-39/h1-35H. The Morgan fingerprint density at radius 3 is 1.33 bits per heavy atom. The molecule has 0 atom stereocenters. The third-order valence-electron chi connectivity index (χ3n) is 10.5. The van der Waals surface area contributed by atoms with Crippen molar-refractivity contribution in [1.82, 2.24) is 0 Å². The Morgan fingerprint density at radius 1 is 0.296 bits per heavy atom. The molecule has 0 N–H and O–H groups in total. The molecule has 10 aromatic rings. The fraction of sp³-hybridized carbons (Fsp3) is 0. The van der Waals surface area contributed by atoms with E-state index in [0.717, 1.165) is 55.9 Å². The van der Waals surface area contributed by atoms with Gasteiger partial charge in [0.2, 0.25) is 0 Å². The van der Waals surface area contributed by atoms with Gasteiger partial charge in [-0.05, 0) is 86.4 Å². The molecule has 0 aliphatic rings. The number of para-hydroxylation sites is 1. The molecule has 0 saturated heterocycles. The Hall–Kier alpha value is -7.16. The van der Waals surface area contributed by atoms with Gasteiger partial charge in [-0.3, -0.25) is 0 Å². The lowest BCUT2D eigenvalue weighted by atomic mass is 9.92. The molecule has 0 aliphatic heterocycles. The molecule has 0 unspecified atom stereocenters. The first-order valence-electron chi connectivity index (χ1n) is 18.4. The van der Waals surface area contributed by atoms with Crippen LogP contribution in [0.4, 0.5) is 17.1 Å². The lowest BCUT2D eigenvalue weighted by molar-refractivity contribution is 0.636. The number of nitrogens with zero attached hydrogens (tertiary/aromatic N) is 1. The van der Waals surface area contributed by atoms with Gasteiger partial charge < -0.3 is 9.32 Å². The summed E-state index contributed by atoms with van der Waals surface area (Å²) in [6.45, 7) is 0. The number of anilines is 3. The zero-order chi connectivity index (χ0) is 35.8. The third kappa shape index (κ3) is 5.53. The average molecular weight is 690 g/mol. The van der Waals surface area contributed by atoms with E-state index in [1.165, 1.54) is 38.4 Å². The maximum absolute atomic E-state index is 6.95. The summed E-state index contributed by atoms with van der Waals surface area (Å²) in [7, 11) is 0. The molecule has 0 aliphatic carbocycles. The van der Waals surface area contributed by atoms with Gasteiger partial charge >= 0.3 is 0 Å². The van der Waals surface area contributed by atoms with Crippen molar-refractivity contribution in [2.45, 2.75) is 0 Å². The summed E-state index contributed by atoms with van der Waals surface area (Å²) in [4.78, 5) is 2.32. The number of furan rings is 1. The van der Waals surface area contributed by atoms with Crippen molar-refractivity contribution in [2.75, 3.05) is 4.90 Å². The molecule has 54 heavy (non-hydrogen) atoms. The van der Waals surface area contributed by atoms with Gasteiger partial charge in [0, 0.05) is 39.0 Å². The second-order valence-corrected chi connectivity index (χ2v) is 13.7. The predicted molar refractivity (Wildman–Crippen MR) is 228 cm³/mol. The number of hydrogen-bond donors (Lipinski definition) is 0. The summed E-state index contributed by atoms with van der Waals surface area (Å²) in [5.41, 5.74) is 12.3. The molecule has 0 spiro atoms. The molecule has 0 fully saturated rings. The van der Waals surface area contributed by atoms with E-state index in [0.29, 0.717) is 0 Å². The molecule has 2 nitrogen and oxygen atoms in total. The van der Waals surface area contributed by atoms with Gasteiger partial charge in [-0.1, -0.05) is 170 Å². The quantitative estimate of drug-likeness (QED) is 0.155. The van der Waals surface area contributed by atoms with Crippen molar-refractivity contribution in [2.24, 2.45) is 0 Å². The van der Waals surface area contributed by atoms with Crippen LogP contribution in [0.1, 0.15) is 0 Å². The van der Waals surface area contributed by atoms with Crippen LogP contribution in [0.5, 0.6) is 0 Å². The molecule has 0 bridgehead atoms. The molecule has 254 valence electrons. The normalized spacial score (nSPS) is 11.3. The molecule has 9 aromatic carbocycles. The average Bonchev–Trinajstić information content (AvgIpc) is 3.67. The summed E-state index contributed by atoms with van der Waals surface area (Å²) < 4.78 is 6.95. The Balaban J connectivity index is 1.09. The lowest BCUT2D eigenvalue weighted by Gasteiger charge is -2.26. The number of hydrogen-bond acceptors (Lipinski definition) is 2. The van der Waals surface area contributed by atoms with Crippen molar-refractivity contribution in [3.05, 3.63) is 212 Å². The van der Waals surface area contributed by atoms with Gasteiger partial charge in [0.05, 0.1) is 0 Å². The maximum atomic E-state index is 6.95. The zero-order valence-electron chi connectivity index (χ0n) is 29.6. The number of fused-ring (bicyclic) bond motifs is 6. The van der Waals surface area contributed by atoms with E-state index in [-0.39, 0.29) is 0 Å². The number of rotatable bonds is 7. The van der Waals surface area contributed by atoms with Crippen LogP contribution in [0.25, 0.3) is 77.2 Å². The second-order valence-electron chi connectivity index (χ2n) is 13.7. The van der Waals surface area contributed by atoms with E-state index < -0.39 is 0 Å². The Bertz CT molecular complexity index is 2890. The first-order valence-corrected chi connectivity index (χ1v) is 18.4. The highest BCUT2D eigenvalue weighted by Crippen LogP contribution is 2.48. The smallest absolute Gasteiger partial charge is 0.143 e. The fourth-order valence-electron chi connectivity index (χ4n) is 7.91. The number of benzene rings is 9. The van der Waals surface area contributed by atoms with Crippen LogP contribution in [0.15, 0.2) is 217 Å². The van der Waals surface area contributed by atoms with E-state index in [2.05, 4.69) is 217 Å². The van der Waals surface area contributed by atoms with Gasteiger partial charge in [-0.25, -0.2) is 0 Å². The SMILES string of the molecule is c1ccc(-c2cccc(-c3ccc(N(c4ccccc4)c4ccc(-c5c(-c6ccccc6)oc6c7ccccc7c7ccccc7c56)cc4)cc3)c2)cc1. The van der Waals surface area contributed by atoms with Crippen LogP contribution in [-0.2, 0) is 0 Å². The summed E-state index contributed by atoms with van der Waals surface area (Å²) in [6, 6.07) is 75.5. The highest BCUT2D eigenvalue weighted by Gasteiger charge is 2.23. The van der Waals surface area contributed by atoms with E-state index in [9.17, 15) is 0 Å². The molecule has 0 amide bonds. The second kappa shape index (κ2) is 13.4. The minimum absolute atomic E-state index is 0.881. The summed E-state index contributed by atoms with van der Waals surface area (Å²) in [5, 5.41) is 5.88. The van der Waals surface area contributed by atoms with Crippen LogP contribution in [0.2, 0.25) is 0 Å². The van der Waals surface area contributed by atoms with Crippen LogP contribution >= 0.6 is 0 Å². The van der Waals surface area contributed by atoms with Crippen molar-refractivity contribution >= 4 is 49.6 Å². The fourth-order valence-corrected chi connectivity index (χ4v) is 7.91. The topological polar surface area (TPSA) is 16.4 Å². The lowest BCUT2D eigenvalue weighted by Crippen LogP contribution is -2.09. The van der Waals surface area contributed by atoms with Crippen molar-refractivity contribution in [3.8, 4) is 44.7 Å². The Labute approximate surface area is 314 Å². The first kappa shape index (κ1) is 31.6. The highest BCUT2D eigenvalue weighted by atomic mass is 16.3. The monoisotopic (exact) mass is 689 g/mol. The minimum Gasteiger partial charge on any atom is -0.455 e. The van der Waals surface area contributed by atoms with Crippen molar-refractivity contribution in [3.63, 3.8) is 0 Å². The van der Waals surface area contributed by atoms with Crippen LogP contribution in [0.3, 0.4) is 0 Å². The van der Waals surface area contributed by atoms with Gasteiger partial charge in [-0.15, -0.1) is 0 Å². The molecule has 1 aromatic heterocycles. The predicted octanol–water partition coefficient (Wildman–Crippen LogP) is 14.9. The largest absolute Gasteiger partial charge is 0.455 e. The summed E-state index contributed by atoms with van der Waals surface area (Å²) in [5.74, 6) is 0.881. The highest BCUT2D eigenvalue weighted by molar-refractivity contribution is 6.28. The zero-order valence-corrected chi connectivity index (χ0v) is 29.6. The summed E-state index contributed by atoms with van der Waals surface area (Å²) >= 11 is 0. The van der Waals surface area contributed by atoms with Crippen LogP contribution < -0.4 is 4.90 Å². The van der Waals surface area contributed by atoms with E-state index in [1.807, 2.05) is 0 Å². The van der Waals surface area contributed by atoms with Crippen molar-refractivity contribution < 1.29 is 4.42 Å². The third-order valence-corrected chi connectivity index (χ3v) is 10.5. The maximum Gasteiger partial charge on any atom is 0.143 e. The van der Waals surface area contributed by atoms with Gasteiger partial charge in [0.15, 0.2) is 0 Å². The summed E-state index contributed by atoms with van der Waals surface area (Å²) in [6.07, 6.45) is 0. The molecule has 2 heteroatoms. The van der Waals surface area contributed by atoms with E-state index in [4.69, 9.17) is 4.42 Å². The Morgan fingerprint density at radius 2 is 0.722 bits per heavy atom. The molecule has 0 radical (unpaired) electrons. The van der Waals surface area contributed by atoms with Crippen LogP contribution in [0, 0.1) is 0 Å². The first-order chi connectivity index (χ1) is 26.8. The molecule has 0 saturated carbocycles. The van der Waals surface area contributed by atoms with Gasteiger partial charge in [-0.2, -0.15) is 0 Å². The Kier molecular flexibility index (Phi) is 7.85. The van der Waals surface area contributed by atoms with E-state index in [1.54, 1.807) is 0 Å². The van der Waals surface area contributed by atoms with Gasteiger partial charge in [0.1, 0.15) is 11.3 Å². The van der Waals surface area contributed by atoms with Gasteiger partial charge in [0.25, 0.3) is 0 Å². The van der Waals surface area contributed by atoms with E-state index >= 15 is 0 Å². The molecular weight excluding hydrogens is 655 g/mol. The minimum atomic E-state index is 0.881. The molecule has 1 heterocycles.